The Morgan fingerprint density at radius 2 is 1.62 bits per heavy atom. The molecule has 0 spiro atoms. The molecule has 4 aliphatic rings. The Balaban J connectivity index is 1.24. The van der Waals surface area contributed by atoms with Gasteiger partial charge in [0.2, 0.25) is 0 Å². The van der Waals surface area contributed by atoms with Gasteiger partial charge >= 0.3 is 12.3 Å². The average Bonchev–Trinajstić information content (AvgIpc) is 3.23. The Hall–Kier alpha value is -3.27. The fraction of sp³-hybridized carbons (Fsp3) is 0.448. The number of carboxylic acid groups (broad SMARTS) is 1. The Morgan fingerprint density at radius 1 is 1.00 bits per heavy atom. The molecule has 1 atom stereocenters. The zero-order valence-corrected chi connectivity index (χ0v) is 21.8. The number of alkyl halides is 3. The Kier molecular flexibility index (Phi) is 6.48. The standard InChI is InChI=1S/C29H28F3NO5S/c30-29(31,32)38-20-7-5-16(6-8-20)15-37-23-21-3-1-2-4-22(21)39-24(23)26(34)33-25(27(35)36)28-12-17-9-18(13-28)11-19(10-17)14-28/h1-8,17-19,25H,9-15H2,(H,33,34)(H,35,36)/t17-,18-,19-,25-,28?/m1/s1. The van der Waals surface area contributed by atoms with E-state index in [0.29, 0.717) is 34.5 Å². The molecule has 0 saturated heterocycles. The van der Waals surface area contributed by atoms with Crippen molar-refractivity contribution >= 4 is 33.3 Å². The molecule has 206 valence electrons. The van der Waals surface area contributed by atoms with Crippen LogP contribution in [0.25, 0.3) is 10.1 Å². The van der Waals surface area contributed by atoms with Gasteiger partial charge in [-0.05, 0) is 86.1 Å². The lowest BCUT2D eigenvalue weighted by atomic mass is 9.47. The van der Waals surface area contributed by atoms with Gasteiger partial charge in [-0.25, -0.2) is 4.79 Å². The van der Waals surface area contributed by atoms with E-state index in [9.17, 15) is 27.9 Å². The molecule has 1 heterocycles. The fourth-order valence-electron chi connectivity index (χ4n) is 7.46. The van der Waals surface area contributed by atoms with Crippen LogP contribution in [-0.4, -0.2) is 29.4 Å². The minimum Gasteiger partial charge on any atom is -0.487 e. The molecule has 0 aliphatic heterocycles. The molecule has 1 aromatic heterocycles. The fourth-order valence-corrected chi connectivity index (χ4v) is 8.51. The Bertz CT molecular complexity index is 1360. The highest BCUT2D eigenvalue weighted by molar-refractivity contribution is 7.21. The third kappa shape index (κ3) is 5.18. The van der Waals surface area contributed by atoms with E-state index in [-0.39, 0.29) is 17.2 Å². The van der Waals surface area contributed by atoms with Gasteiger partial charge in [0.05, 0.1) is 0 Å². The van der Waals surface area contributed by atoms with Crippen LogP contribution in [0.2, 0.25) is 0 Å². The molecule has 4 saturated carbocycles. The lowest BCUT2D eigenvalue weighted by molar-refractivity contribution is -0.274. The summed E-state index contributed by atoms with van der Waals surface area (Å²) in [7, 11) is 0. The summed E-state index contributed by atoms with van der Waals surface area (Å²) >= 11 is 1.23. The molecule has 0 unspecified atom stereocenters. The van der Waals surface area contributed by atoms with Crippen molar-refractivity contribution in [1.82, 2.24) is 5.32 Å². The summed E-state index contributed by atoms with van der Waals surface area (Å²) in [6, 6.07) is 11.7. The van der Waals surface area contributed by atoms with E-state index in [4.69, 9.17) is 4.74 Å². The molecule has 4 bridgehead atoms. The lowest BCUT2D eigenvalue weighted by Gasteiger charge is -2.58. The van der Waals surface area contributed by atoms with E-state index >= 15 is 0 Å². The van der Waals surface area contributed by atoms with Crippen molar-refractivity contribution in [3.8, 4) is 11.5 Å². The van der Waals surface area contributed by atoms with Gasteiger partial charge in [-0.1, -0.05) is 24.3 Å². The van der Waals surface area contributed by atoms with E-state index in [0.717, 1.165) is 43.2 Å². The predicted octanol–water partition coefficient (Wildman–Crippen LogP) is 6.78. The number of nitrogens with one attached hydrogen (secondary N) is 1. The second kappa shape index (κ2) is 9.73. The number of amides is 1. The number of rotatable bonds is 8. The third-order valence-corrected chi connectivity index (χ3v) is 9.67. The SMILES string of the molecule is O=C(N[C@H](C(=O)O)C12C[C@H]3C[C@H](C1)C[C@@H](C2)C3)c1sc2ccccc2c1OCc1ccc(OC(F)(F)F)cc1. The lowest BCUT2D eigenvalue weighted by Crippen LogP contribution is -2.59. The maximum Gasteiger partial charge on any atom is 0.573 e. The largest absolute Gasteiger partial charge is 0.573 e. The first-order valence-corrected chi connectivity index (χ1v) is 13.9. The van der Waals surface area contributed by atoms with E-state index in [1.54, 1.807) is 0 Å². The van der Waals surface area contributed by atoms with Gasteiger partial charge in [0.15, 0.2) is 5.75 Å². The van der Waals surface area contributed by atoms with Crippen molar-refractivity contribution in [1.29, 1.82) is 0 Å². The molecular weight excluding hydrogens is 531 g/mol. The van der Waals surface area contributed by atoms with Gasteiger partial charge in [0.1, 0.15) is 23.3 Å². The predicted molar refractivity (Wildman–Crippen MR) is 139 cm³/mol. The highest BCUT2D eigenvalue weighted by Crippen LogP contribution is 2.61. The minimum atomic E-state index is -4.78. The molecule has 1 amide bonds. The van der Waals surface area contributed by atoms with E-state index in [1.807, 2.05) is 24.3 Å². The average molecular weight is 560 g/mol. The van der Waals surface area contributed by atoms with Crippen LogP contribution in [0.1, 0.15) is 53.8 Å². The van der Waals surface area contributed by atoms with Gasteiger partial charge in [0.25, 0.3) is 5.91 Å². The maximum absolute atomic E-state index is 13.7. The van der Waals surface area contributed by atoms with Crippen molar-refractivity contribution in [3.05, 3.63) is 59.0 Å². The first-order valence-electron chi connectivity index (χ1n) is 13.1. The summed E-state index contributed by atoms with van der Waals surface area (Å²) in [5.41, 5.74) is 0.164. The van der Waals surface area contributed by atoms with Gasteiger partial charge in [0, 0.05) is 15.5 Å². The number of hydrogen-bond acceptors (Lipinski definition) is 5. The topological polar surface area (TPSA) is 84.9 Å². The van der Waals surface area contributed by atoms with Crippen molar-refractivity contribution < 1.29 is 37.3 Å². The van der Waals surface area contributed by atoms with Crippen molar-refractivity contribution in [2.24, 2.45) is 23.2 Å². The summed E-state index contributed by atoms with van der Waals surface area (Å²) < 4.78 is 48.2. The highest BCUT2D eigenvalue weighted by atomic mass is 32.1. The number of ether oxygens (including phenoxy) is 2. The summed E-state index contributed by atoms with van der Waals surface area (Å²) in [5.74, 6) is 0.108. The van der Waals surface area contributed by atoms with Crippen LogP contribution in [-0.2, 0) is 11.4 Å². The first kappa shape index (κ1) is 26.0. The number of carbonyl (C=O) groups excluding carboxylic acids is 1. The highest BCUT2D eigenvalue weighted by Gasteiger charge is 2.56. The molecule has 0 radical (unpaired) electrons. The first-order chi connectivity index (χ1) is 18.6. The van der Waals surface area contributed by atoms with Crippen LogP contribution in [0.5, 0.6) is 11.5 Å². The Morgan fingerprint density at radius 3 is 2.21 bits per heavy atom. The molecule has 4 fully saturated rings. The van der Waals surface area contributed by atoms with Gasteiger partial charge in [-0.3, -0.25) is 4.79 Å². The number of aliphatic carboxylic acids is 1. The van der Waals surface area contributed by atoms with Crippen LogP contribution in [0.3, 0.4) is 0 Å². The van der Waals surface area contributed by atoms with Gasteiger partial charge in [-0.15, -0.1) is 24.5 Å². The number of halogens is 3. The number of fused-ring (bicyclic) bond motifs is 1. The van der Waals surface area contributed by atoms with Crippen molar-refractivity contribution in [2.45, 2.75) is 57.5 Å². The van der Waals surface area contributed by atoms with Crippen molar-refractivity contribution in [2.75, 3.05) is 0 Å². The van der Waals surface area contributed by atoms with Gasteiger partial charge < -0.3 is 19.9 Å². The normalized spacial score (nSPS) is 26.4. The molecular formula is C29H28F3NO5S. The van der Waals surface area contributed by atoms with Crippen LogP contribution in [0.4, 0.5) is 13.2 Å². The molecule has 2 N–H and O–H groups in total. The summed E-state index contributed by atoms with van der Waals surface area (Å²) in [4.78, 5) is 26.5. The molecule has 10 heteroatoms. The number of carboxylic acids is 1. The quantitative estimate of drug-likeness (QED) is 0.318. The van der Waals surface area contributed by atoms with Gasteiger partial charge in [-0.2, -0.15) is 0 Å². The Labute approximate surface area is 227 Å². The summed E-state index contributed by atoms with van der Waals surface area (Å²) in [6.45, 7) is 0.00461. The third-order valence-electron chi connectivity index (χ3n) is 8.52. The second-order valence-corrected chi connectivity index (χ2v) is 12.3. The smallest absolute Gasteiger partial charge is 0.487 e. The maximum atomic E-state index is 13.7. The van der Waals surface area contributed by atoms with Crippen LogP contribution >= 0.6 is 11.3 Å². The second-order valence-electron chi connectivity index (χ2n) is 11.3. The molecule has 39 heavy (non-hydrogen) atoms. The number of benzene rings is 2. The zero-order valence-electron chi connectivity index (χ0n) is 21.0. The number of carbonyl (C=O) groups is 2. The molecule has 6 nitrogen and oxygen atoms in total. The summed E-state index contributed by atoms with van der Waals surface area (Å²) in [6.07, 6.45) is 1.21. The van der Waals surface area contributed by atoms with E-state index in [1.165, 1.54) is 35.6 Å². The molecule has 4 aliphatic carbocycles. The van der Waals surface area contributed by atoms with E-state index in [2.05, 4.69) is 10.1 Å². The van der Waals surface area contributed by atoms with Crippen LogP contribution < -0.4 is 14.8 Å². The van der Waals surface area contributed by atoms with E-state index < -0.39 is 29.7 Å². The number of thiophene rings is 1. The van der Waals surface area contributed by atoms with Crippen LogP contribution in [0, 0.1) is 23.2 Å². The monoisotopic (exact) mass is 559 g/mol. The zero-order chi connectivity index (χ0) is 27.4. The molecule has 7 rings (SSSR count). The minimum absolute atomic E-state index is 0.00461. The summed E-state index contributed by atoms with van der Waals surface area (Å²) in [5, 5.41) is 13.9. The molecule has 3 aromatic rings. The van der Waals surface area contributed by atoms with Crippen molar-refractivity contribution in [3.63, 3.8) is 0 Å². The van der Waals surface area contributed by atoms with Crippen LogP contribution in [0.15, 0.2) is 48.5 Å². The number of hydrogen-bond donors (Lipinski definition) is 2. The molecule has 2 aromatic carbocycles.